The molecule has 0 aliphatic rings. The van der Waals surface area contributed by atoms with Crippen LogP contribution < -0.4 is 0 Å². The van der Waals surface area contributed by atoms with Crippen LogP contribution in [0.4, 0.5) is 0 Å². The quantitative estimate of drug-likeness (QED) is 0.823. The van der Waals surface area contributed by atoms with E-state index in [2.05, 4.69) is 12.1 Å². The van der Waals surface area contributed by atoms with Crippen LogP contribution >= 0.6 is 0 Å². The molecule has 1 aromatic carbocycles. The minimum absolute atomic E-state index is 0.218. The number of aromatic nitrogens is 1. The highest BCUT2D eigenvalue weighted by Crippen LogP contribution is 2.27. The molecule has 0 bridgehead atoms. The molecule has 0 spiro atoms. The molecule has 0 aliphatic carbocycles. The van der Waals surface area contributed by atoms with Crippen LogP contribution in [0.5, 0.6) is 0 Å². The Kier molecular flexibility index (Phi) is 4.72. The van der Waals surface area contributed by atoms with E-state index in [0.717, 1.165) is 12.0 Å². The molecule has 0 saturated heterocycles. The van der Waals surface area contributed by atoms with Crippen molar-refractivity contribution in [3.8, 4) is 0 Å². The summed E-state index contributed by atoms with van der Waals surface area (Å²) >= 11 is 0. The molecule has 0 amide bonds. The second kappa shape index (κ2) is 6.70. The van der Waals surface area contributed by atoms with E-state index >= 15 is 0 Å². The number of fused-ring (bicyclic) bond motifs is 1. The standard InChI is InChI=1S/C17H17NO3/c1-3-5-6-8-12(7-4-2)16-14-11-13(17(19)20)9-10-15(14)18-21-16/h4-11H,3H2,1-2H3,(H,19,20)/b6-5-,7-4-,12-8+. The maximum Gasteiger partial charge on any atom is 0.335 e. The van der Waals surface area contributed by atoms with Crippen molar-refractivity contribution in [3.63, 3.8) is 0 Å². The summed E-state index contributed by atoms with van der Waals surface area (Å²) in [5.74, 6) is -0.390. The molecule has 21 heavy (non-hydrogen) atoms. The molecule has 1 aromatic heterocycles. The van der Waals surface area contributed by atoms with Gasteiger partial charge in [-0.1, -0.05) is 42.5 Å². The van der Waals surface area contributed by atoms with Crippen molar-refractivity contribution in [1.82, 2.24) is 5.16 Å². The lowest BCUT2D eigenvalue weighted by atomic mass is 10.1. The molecule has 0 aliphatic heterocycles. The number of hydrogen-bond donors (Lipinski definition) is 1. The van der Waals surface area contributed by atoms with Crippen LogP contribution in [0.3, 0.4) is 0 Å². The van der Waals surface area contributed by atoms with Gasteiger partial charge in [0.2, 0.25) is 0 Å². The topological polar surface area (TPSA) is 63.3 Å². The summed E-state index contributed by atoms with van der Waals surface area (Å²) in [5.41, 5.74) is 1.72. The summed E-state index contributed by atoms with van der Waals surface area (Å²) in [6.07, 6.45) is 10.7. The monoisotopic (exact) mass is 283 g/mol. The van der Waals surface area contributed by atoms with E-state index in [4.69, 9.17) is 9.63 Å². The Balaban J connectivity index is 2.57. The highest BCUT2D eigenvalue weighted by Gasteiger charge is 2.13. The molecule has 2 aromatic rings. The SMILES string of the molecule is C\C=C/C(=C\C=C/CC)c1onc2ccc(C(=O)O)cc12. The number of carbonyl (C=O) groups is 1. The van der Waals surface area contributed by atoms with Crippen LogP contribution in [0.25, 0.3) is 16.5 Å². The Morgan fingerprint density at radius 3 is 2.90 bits per heavy atom. The summed E-state index contributed by atoms with van der Waals surface area (Å²) in [7, 11) is 0. The van der Waals surface area contributed by atoms with E-state index < -0.39 is 5.97 Å². The highest BCUT2D eigenvalue weighted by molar-refractivity contribution is 5.97. The van der Waals surface area contributed by atoms with Gasteiger partial charge in [-0.15, -0.1) is 0 Å². The van der Waals surface area contributed by atoms with E-state index in [-0.39, 0.29) is 5.56 Å². The molecule has 1 heterocycles. The third kappa shape index (κ3) is 3.28. The van der Waals surface area contributed by atoms with Crippen molar-refractivity contribution in [3.05, 3.63) is 59.9 Å². The van der Waals surface area contributed by atoms with Gasteiger partial charge in [0.15, 0.2) is 5.76 Å². The first-order valence-electron chi connectivity index (χ1n) is 6.80. The highest BCUT2D eigenvalue weighted by atomic mass is 16.5. The first-order chi connectivity index (χ1) is 10.2. The van der Waals surface area contributed by atoms with Crippen molar-refractivity contribution < 1.29 is 14.4 Å². The van der Waals surface area contributed by atoms with Gasteiger partial charge in [0.25, 0.3) is 0 Å². The summed E-state index contributed by atoms with van der Waals surface area (Å²) in [4.78, 5) is 11.1. The van der Waals surface area contributed by atoms with Crippen LogP contribution in [-0.2, 0) is 0 Å². The van der Waals surface area contributed by atoms with Crippen molar-refractivity contribution in [2.24, 2.45) is 0 Å². The molecule has 2 rings (SSSR count). The van der Waals surface area contributed by atoms with Crippen LogP contribution in [0.15, 0.2) is 53.1 Å². The molecule has 0 radical (unpaired) electrons. The van der Waals surface area contributed by atoms with Gasteiger partial charge in [-0.3, -0.25) is 0 Å². The molecule has 108 valence electrons. The molecule has 4 nitrogen and oxygen atoms in total. The fourth-order valence-corrected chi connectivity index (χ4v) is 1.98. The molecule has 0 saturated carbocycles. The number of hydrogen-bond acceptors (Lipinski definition) is 3. The maximum atomic E-state index is 11.1. The maximum absolute atomic E-state index is 11.1. The van der Waals surface area contributed by atoms with Gasteiger partial charge in [0.1, 0.15) is 5.52 Å². The summed E-state index contributed by atoms with van der Waals surface area (Å²) in [6, 6.07) is 4.76. The number of nitrogens with zero attached hydrogens (tertiary/aromatic N) is 1. The number of carboxylic acid groups (broad SMARTS) is 1. The predicted octanol–water partition coefficient (Wildman–Crippen LogP) is 4.45. The zero-order chi connectivity index (χ0) is 15.2. The number of aromatic carboxylic acids is 1. The zero-order valence-electron chi connectivity index (χ0n) is 12.0. The third-order valence-corrected chi connectivity index (χ3v) is 2.98. The molecule has 0 fully saturated rings. The van der Waals surface area contributed by atoms with Crippen LogP contribution in [0.1, 0.15) is 36.4 Å². The van der Waals surface area contributed by atoms with Crippen LogP contribution in [0, 0.1) is 0 Å². The first-order valence-corrected chi connectivity index (χ1v) is 6.80. The van der Waals surface area contributed by atoms with Gasteiger partial charge >= 0.3 is 5.97 Å². The minimum Gasteiger partial charge on any atom is -0.478 e. The Bertz CT molecular complexity index is 736. The van der Waals surface area contributed by atoms with E-state index in [0.29, 0.717) is 16.7 Å². The molecule has 1 N–H and O–H groups in total. The number of carboxylic acids is 1. The predicted molar refractivity (Wildman–Crippen MR) is 83.2 cm³/mol. The lowest BCUT2D eigenvalue weighted by Crippen LogP contribution is -1.95. The van der Waals surface area contributed by atoms with Crippen molar-refractivity contribution in [2.45, 2.75) is 20.3 Å². The number of allylic oxidation sites excluding steroid dienone is 6. The van der Waals surface area contributed by atoms with E-state index in [1.807, 2.05) is 37.3 Å². The van der Waals surface area contributed by atoms with E-state index in [1.165, 1.54) is 6.07 Å². The smallest absolute Gasteiger partial charge is 0.335 e. The van der Waals surface area contributed by atoms with Gasteiger partial charge in [-0.05, 0) is 31.5 Å². The first kappa shape index (κ1) is 14.8. The largest absolute Gasteiger partial charge is 0.478 e. The second-order valence-electron chi connectivity index (χ2n) is 4.51. The fourth-order valence-electron chi connectivity index (χ4n) is 1.98. The summed E-state index contributed by atoms with van der Waals surface area (Å²) in [5, 5.41) is 13.8. The fraction of sp³-hybridized carbons (Fsp3) is 0.176. The van der Waals surface area contributed by atoms with Gasteiger partial charge in [-0.2, -0.15) is 0 Å². The van der Waals surface area contributed by atoms with Crippen molar-refractivity contribution >= 4 is 22.4 Å². The van der Waals surface area contributed by atoms with Gasteiger partial charge < -0.3 is 9.63 Å². The minimum atomic E-state index is -0.966. The Labute approximate surface area is 123 Å². The summed E-state index contributed by atoms with van der Waals surface area (Å²) in [6.45, 7) is 3.97. The average molecular weight is 283 g/mol. The number of benzene rings is 1. The molecular formula is C17H17NO3. The van der Waals surface area contributed by atoms with Crippen LogP contribution in [0.2, 0.25) is 0 Å². The van der Waals surface area contributed by atoms with Crippen molar-refractivity contribution in [1.29, 1.82) is 0 Å². The molecular weight excluding hydrogens is 266 g/mol. The molecule has 0 atom stereocenters. The third-order valence-electron chi connectivity index (χ3n) is 2.98. The van der Waals surface area contributed by atoms with E-state index in [9.17, 15) is 4.79 Å². The Hall–Kier alpha value is -2.62. The average Bonchev–Trinajstić information content (AvgIpc) is 2.89. The normalized spacial score (nSPS) is 12.8. The summed E-state index contributed by atoms with van der Waals surface area (Å²) < 4.78 is 5.40. The van der Waals surface area contributed by atoms with E-state index in [1.54, 1.807) is 12.1 Å². The second-order valence-corrected chi connectivity index (χ2v) is 4.51. The lowest BCUT2D eigenvalue weighted by Gasteiger charge is -1.98. The zero-order valence-corrected chi connectivity index (χ0v) is 12.0. The van der Waals surface area contributed by atoms with Crippen LogP contribution in [-0.4, -0.2) is 16.2 Å². The van der Waals surface area contributed by atoms with Crippen molar-refractivity contribution in [2.75, 3.05) is 0 Å². The van der Waals surface area contributed by atoms with Gasteiger partial charge in [0.05, 0.1) is 10.9 Å². The Morgan fingerprint density at radius 1 is 1.43 bits per heavy atom. The number of rotatable bonds is 5. The van der Waals surface area contributed by atoms with Gasteiger partial charge in [0, 0.05) is 5.57 Å². The molecule has 0 unspecified atom stereocenters. The molecule has 4 heteroatoms. The Morgan fingerprint density at radius 2 is 2.24 bits per heavy atom. The van der Waals surface area contributed by atoms with Gasteiger partial charge in [-0.25, -0.2) is 4.79 Å². The lowest BCUT2D eigenvalue weighted by molar-refractivity contribution is 0.0697.